The minimum atomic E-state index is -0.980. The molecule has 0 bridgehead atoms. The van der Waals surface area contributed by atoms with Gasteiger partial charge in [-0.05, 0) is 99.2 Å². The summed E-state index contributed by atoms with van der Waals surface area (Å²) in [6, 6.07) is 12.9. The fourth-order valence-corrected chi connectivity index (χ4v) is 5.57. The number of nitrogens with one attached hydrogen (secondary N) is 2. The van der Waals surface area contributed by atoms with E-state index in [4.69, 9.17) is 21.1 Å². The number of aryl methyl sites for hydroxylation is 1. The van der Waals surface area contributed by atoms with Gasteiger partial charge in [0.25, 0.3) is 0 Å². The number of halogens is 1. The maximum absolute atomic E-state index is 12.7. The largest absolute Gasteiger partial charge is 0.462 e. The summed E-state index contributed by atoms with van der Waals surface area (Å²) in [6.45, 7) is 3.58. The van der Waals surface area contributed by atoms with Crippen LogP contribution in [0.2, 0.25) is 5.02 Å². The highest BCUT2D eigenvalue weighted by Gasteiger charge is 2.28. The molecule has 2 aromatic carbocycles. The normalized spacial score (nSPS) is 13.0. The fraction of sp³-hybridized carbons (Fsp3) is 0.276. The van der Waals surface area contributed by atoms with E-state index in [1.54, 1.807) is 62.4 Å². The molecular weight excluding hydrogens is 554 g/mol. The molecule has 40 heavy (non-hydrogen) atoms. The van der Waals surface area contributed by atoms with Crippen molar-refractivity contribution in [3.8, 4) is 5.75 Å². The van der Waals surface area contributed by atoms with Crippen molar-refractivity contribution in [3.05, 3.63) is 80.7 Å². The number of esters is 2. The predicted molar refractivity (Wildman–Crippen MR) is 153 cm³/mol. The lowest BCUT2D eigenvalue weighted by Gasteiger charge is -2.08. The molecule has 1 aromatic heterocycles. The third-order valence-corrected chi connectivity index (χ3v) is 7.68. The lowest BCUT2D eigenvalue weighted by Crippen LogP contribution is -2.33. The van der Waals surface area contributed by atoms with Crippen LogP contribution in [0.25, 0.3) is 0 Å². The minimum Gasteiger partial charge on any atom is -0.462 e. The number of ether oxygens (including phenoxy) is 2. The lowest BCUT2D eigenvalue weighted by atomic mass is 10.1. The summed E-state index contributed by atoms with van der Waals surface area (Å²) in [6.07, 6.45) is 4.57. The smallest absolute Gasteiger partial charge is 0.343 e. The van der Waals surface area contributed by atoms with Crippen molar-refractivity contribution in [1.82, 2.24) is 5.43 Å². The van der Waals surface area contributed by atoms with E-state index >= 15 is 0 Å². The average Bonchev–Trinajstić information content (AvgIpc) is 3.12. The summed E-state index contributed by atoms with van der Waals surface area (Å²) in [4.78, 5) is 51.2. The summed E-state index contributed by atoms with van der Waals surface area (Å²) < 4.78 is 10.6. The van der Waals surface area contributed by atoms with Crippen molar-refractivity contribution < 1.29 is 28.7 Å². The Morgan fingerprint density at radius 1 is 0.900 bits per heavy atom. The molecule has 208 valence electrons. The number of hydrazone groups is 1. The summed E-state index contributed by atoms with van der Waals surface area (Å²) in [5.74, 6) is -2.63. The molecule has 3 aromatic rings. The molecule has 0 aliphatic heterocycles. The molecule has 0 saturated carbocycles. The van der Waals surface area contributed by atoms with Crippen LogP contribution in [0.1, 0.15) is 69.8 Å². The van der Waals surface area contributed by atoms with Crippen LogP contribution in [0.4, 0.5) is 5.00 Å². The first kappa shape index (κ1) is 29.0. The molecule has 0 radical (unpaired) electrons. The van der Waals surface area contributed by atoms with Crippen LogP contribution in [0.3, 0.4) is 0 Å². The van der Waals surface area contributed by atoms with Crippen molar-refractivity contribution in [2.24, 2.45) is 5.10 Å². The van der Waals surface area contributed by atoms with Crippen LogP contribution < -0.4 is 15.5 Å². The van der Waals surface area contributed by atoms with Gasteiger partial charge in [-0.3, -0.25) is 9.59 Å². The summed E-state index contributed by atoms with van der Waals surface area (Å²) in [5, 5.41) is 7.42. The Labute approximate surface area is 240 Å². The van der Waals surface area contributed by atoms with E-state index in [1.807, 2.05) is 0 Å². The first-order valence-electron chi connectivity index (χ1n) is 12.8. The molecule has 2 N–H and O–H groups in total. The Hall–Kier alpha value is -4.02. The second-order valence-corrected chi connectivity index (χ2v) is 10.5. The Kier molecular flexibility index (Phi) is 9.68. The monoisotopic (exact) mass is 581 g/mol. The van der Waals surface area contributed by atoms with E-state index in [0.717, 1.165) is 42.5 Å². The molecular formula is C29H28ClN3O6S. The van der Waals surface area contributed by atoms with E-state index in [0.29, 0.717) is 38.2 Å². The van der Waals surface area contributed by atoms with E-state index in [1.165, 1.54) is 11.3 Å². The number of rotatable bonds is 7. The Morgan fingerprint density at radius 2 is 1.57 bits per heavy atom. The highest BCUT2D eigenvalue weighted by Crippen LogP contribution is 2.38. The molecule has 0 atom stereocenters. The zero-order valence-electron chi connectivity index (χ0n) is 22.0. The molecule has 2 amide bonds. The van der Waals surface area contributed by atoms with Crippen molar-refractivity contribution in [2.75, 3.05) is 11.9 Å². The van der Waals surface area contributed by atoms with Gasteiger partial charge in [0.1, 0.15) is 10.8 Å². The highest BCUT2D eigenvalue weighted by molar-refractivity contribution is 7.17. The molecule has 1 aliphatic rings. The standard InChI is InChI=1S/C29H28ClN3O6S/c1-3-38-29(37)24-22-7-5-4-6-8-23(22)40-27(24)31-25(34)26(35)33-32-17(2)18-11-15-21(16-12-18)39-28(36)19-9-13-20(30)14-10-19/h9-16H,3-8H2,1-2H3,(H,31,34)(H,33,35)/b32-17+. The van der Waals surface area contributed by atoms with Crippen LogP contribution >= 0.6 is 22.9 Å². The SMILES string of the molecule is CCOC(=O)c1c(NC(=O)C(=O)N/N=C(\C)c2ccc(OC(=O)c3ccc(Cl)cc3)cc2)sc2c1CCCCC2. The van der Waals surface area contributed by atoms with Crippen LogP contribution in [-0.2, 0) is 27.2 Å². The maximum Gasteiger partial charge on any atom is 0.343 e. The first-order chi connectivity index (χ1) is 19.3. The molecule has 9 nitrogen and oxygen atoms in total. The quantitative estimate of drug-likeness (QED) is 0.0942. The van der Waals surface area contributed by atoms with Gasteiger partial charge >= 0.3 is 23.8 Å². The minimum absolute atomic E-state index is 0.205. The second-order valence-electron chi connectivity index (χ2n) is 9.00. The van der Waals surface area contributed by atoms with Gasteiger partial charge in [0.05, 0.1) is 23.4 Å². The van der Waals surface area contributed by atoms with Crippen molar-refractivity contribution in [2.45, 2.75) is 46.0 Å². The lowest BCUT2D eigenvalue weighted by molar-refractivity contribution is -0.136. The Balaban J connectivity index is 1.38. The van der Waals surface area contributed by atoms with Gasteiger partial charge in [-0.15, -0.1) is 11.3 Å². The van der Waals surface area contributed by atoms with Gasteiger partial charge in [-0.1, -0.05) is 18.0 Å². The number of hydrogen-bond donors (Lipinski definition) is 2. The molecule has 0 saturated heterocycles. The zero-order valence-corrected chi connectivity index (χ0v) is 23.6. The predicted octanol–water partition coefficient (Wildman–Crippen LogP) is 5.55. The first-order valence-corrected chi connectivity index (χ1v) is 14.0. The summed E-state index contributed by atoms with van der Waals surface area (Å²) in [7, 11) is 0. The third kappa shape index (κ3) is 7.13. The van der Waals surface area contributed by atoms with Crippen LogP contribution in [0.5, 0.6) is 5.75 Å². The maximum atomic E-state index is 12.7. The summed E-state index contributed by atoms with van der Waals surface area (Å²) >= 11 is 7.16. The number of thiophene rings is 1. The molecule has 0 unspecified atom stereocenters. The van der Waals surface area contributed by atoms with Gasteiger partial charge in [0, 0.05) is 9.90 Å². The van der Waals surface area contributed by atoms with Gasteiger partial charge in [0.2, 0.25) is 0 Å². The van der Waals surface area contributed by atoms with Crippen molar-refractivity contribution >= 4 is 57.4 Å². The highest BCUT2D eigenvalue weighted by atomic mass is 35.5. The number of anilines is 1. The second kappa shape index (κ2) is 13.4. The number of nitrogens with zero attached hydrogens (tertiary/aromatic N) is 1. The number of amides is 2. The Morgan fingerprint density at radius 3 is 2.27 bits per heavy atom. The number of carbonyl (C=O) groups is 4. The zero-order chi connectivity index (χ0) is 28.6. The average molecular weight is 582 g/mol. The van der Waals surface area contributed by atoms with E-state index in [2.05, 4.69) is 15.8 Å². The molecule has 0 fully saturated rings. The topological polar surface area (TPSA) is 123 Å². The van der Waals surface area contributed by atoms with Crippen molar-refractivity contribution in [1.29, 1.82) is 0 Å². The van der Waals surface area contributed by atoms with Gasteiger partial charge in [-0.2, -0.15) is 5.10 Å². The van der Waals surface area contributed by atoms with Crippen LogP contribution in [0, 0.1) is 0 Å². The summed E-state index contributed by atoms with van der Waals surface area (Å²) in [5.41, 5.74) is 4.90. The number of hydrogen-bond acceptors (Lipinski definition) is 8. The van der Waals surface area contributed by atoms with Crippen LogP contribution in [-0.4, -0.2) is 36.1 Å². The number of fused-ring (bicyclic) bond motifs is 1. The third-order valence-electron chi connectivity index (χ3n) is 6.22. The number of carbonyl (C=O) groups excluding carboxylic acids is 4. The molecule has 1 heterocycles. The Bertz CT molecular complexity index is 1450. The van der Waals surface area contributed by atoms with Gasteiger partial charge in [-0.25, -0.2) is 15.0 Å². The van der Waals surface area contributed by atoms with E-state index in [9.17, 15) is 19.2 Å². The van der Waals surface area contributed by atoms with Gasteiger partial charge in [0.15, 0.2) is 0 Å². The molecule has 0 spiro atoms. The number of benzene rings is 2. The van der Waals surface area contributed by atoms with Crippen LogP contribution in [0.15, 0.2) is 53.6 Å². The molecule has 4 rings (SSSR count). The van der Waals surface area contributed by atoms with Gasteiger partial charge < -0.3 is 14.8 Å². The van der Waals surface area contributed by atoms with Crippen molar-refractivity contribution in [3.63, 3.8) is 0 Å². The fourth-order valence-electron chi connectivity index (χ4n) is 4.18. The molecule has 1 aliphatic carbocycles. The van der Waals surface area contributed by atoms with E-state index < -0.39 is 23.8 Å². The van der Waals surface area contributed by atoms with E-state index in [-0.39, 0.29) is 6.61 Å². The molecule has 11 heteroatoms.